The van der Waals surface area contributed by atoms with Crippen molar-refractivity contribution in [2.45, 2.75) is 43.2 Å². The van der Waals surface area contributed by atoms with Crippen molar-refractivity contribution >= 4 is 11.8 Å². The molecule has 82 valence electrons. The molecule has 2 rings (SSSR count). The topological polar surface area (TPSA) is 58.9 Å². The second kappa shape index (κ2) is 3.64. The van der Waals surface area contributed by atoms with Crippen LogP contribution in [-0.4, -0.2) is 51.9 Å². The fraction of sp³-hybridized carbons (Fsp3) is 1.00. The van der Waals surface area contributed by atoms with E-state index in [2.05, 4.69) is 0 Å². The van der Waals surface area contributed by atoms with Crippen molar-refractivity contribution in [1.82, 2.24) is 0 Å². The first kappa shape index (κ1) is 10.7. The van der Waals surface area contributed by atoms with E-state index in [-0.39, 0.29) is 6.10 Å². The van der Waals surface area contributed by atoms with Crippen molar-refractivity contribution < 1.29 is 19.7 Å². The van der Waals surface area contributed by atoms with Gasteiger partial charge in [0.1, 0.15) is 12.2 Å². The predicted molar refractivity (Wildman–Crippen MR) is 53.2 cm³/mol. The lowest BCUT2D eigenvalue weighted by Crippen LogP contribution is -2.40. The fourth-order valence-corrected chi connectivity index (χ4v) is 2.39. The zero-order valence-corrected chi connectivity index (χ0v) is 9.16. The van der Waals surface area contributed by atoms with Crippen molar-refractivity contribution in [2.75, 3.05) is 12.4 Å². The summed E-state index contributed by atoms with van der Waals surface area (Å²) in [6.07, 6.45) is -1.13. The second-order valence-corrected chi connectivity index (χ2v) is 5.54. The van der Waals surface area contributed by atoms with Crippen LogP contribution in [0.3, 0.4) is 0 Å². The smallest absolute Gasteiger partial charge is 0.160 e. The highest BCUT2D eigenvalue weighted by atomic mass is 32.2. The monoisotopic (exact) mass is 220 g/mol. The minimum Gasteiger partial charge on any atom is -0.388 e. The molecule has 0 spiro atoms. The molecule has 0 aromatic carbocycles. The zero-order valence-electron chi connectivity index (χ0n) is 8.34. The Morgan fingerprint density at radius 2 is 2.14 bits per heavy atom. The van der Waals surface area contributed by atoms with Crippen LogP contribution in [0.15, 0.2) is 0 Å². The largest absolute Gasteiger partial charge is 0.388 e. The standard InChI is InChI=1S/C9H16O4S/c1-9(2,11)13-5-3-12-8(7(5)10)6-4-14-6/h5-8,10-11H,3-4H2,1-2H3/t5-,6+,7-,8+/m1/s1. The van der Waals surface area contributed by atoms with Gasteiger partial charge in [-0.2, -0.15) is 11.8 Å². The van der Waals surface area contributed by atoms with Crippen LogP contribution < -0.4 is 0 Å². The Hall–Kier alpha value is 0.190. The fourth-order valence-electron chi connectivity index (χ4n) is 1.66. The van der Waals surface area contributed by atoms with Gasteiger partial charge in [-0.3, -0.25) is 0 Å². The van der Waals surface area contributed by atoms with E-state index in [1.165, 1.54) is 0 Å². The molecule has 0 bridgehead atoms. The SMILES string of the molecule is CC(C)(O)O[C@@H]1CO[C@@H]([C@@H]2CS2)[C@@H]1O. The van der Waals surface area contributed by atoms with Gasteiger partial charge in [0.15, 0.2) is 5.79 Å². The number of hydrogen-bond donors (Lipinski definition) is 2. The molecule has 2 aliphatic heterocycles. The summed E-state index contributed by atoms with van der Waals surface area (Å²) in [5.41, 5.74) is 0. The lowest BCUT2D eigenvalue weighted by Gasteiger charge is -2.25. The maximum absolute atomic E-state index is 9.85. The number of aliphatic hydroxyl groups excluding tert-OH is 1. The van der Waals surface area contributed by atoms with Gasteiger partial charge >= 0.3 is 0 Å². The van der Waals surface area contributed by atoms with E-state index < -0.39 is 18.0 Å². The molecule has 4 atom stereocenters. The van der Waals surface area contributed by atoms with Crippen molar-refractivity contribution in [3.8, 4) is 0 Å². The Balaban J connectivity index is 1.89. The van der Waals surface area contributed by atoms with Gasteiger partial charge < -0.3 is 19.7 Å². The first-order valence-electron chi connectivity index (χ1n) is 4.79. The van der Waals surface area contributed by atoms with Gasteiger partial charge in [-0.05, 0) is 13.8 Å². The van der Waals surface area contributed by atoms with Crippen LogP contribution in [0.2, 0.25) is 0 Å². The van der Waals surface area contributed by atoms with Crippen molar-refractivity contribution in [3.63, 3.8) is 0 Å². The van der Waals surface area contributed by atoms with Crippen LogP contribution in [-0.2, 0) is 9.47 Å². The number of ether oxygens (including phenoxy) is 2. The van der Waals surface area contributed by atoms with Crippen molar-refractivity contribution in [3.05, 3.63) is 0 Å². The summed E-state index contributed by atoms with van der Waals surface area (Å²) < 4.78 is 10.7. The molecule has 2 fully saturated rings. The maximum Gasteiger partial charge on any atom is 0.160 e. The molecule has 2 N–H and O–H groups in total. The van der Waals surface area contributed by atoms with E-state index in [0.717, 1.165) is 5.75 Å². The average molecular weight is 220 g/mol. The van der Waals surface area contributed by atoms with Gasteiger partial charge in [-0.25, -0.2) is 0 Å². The first-order valence-corrected chi connectivity index (χ1v) is 5.84. The Kier molecular flexibility index (Phi) is 2.79. The van der Waals surface area contributed by atoms with Gasteiger partial charge in [0.05, 0.1) is 12.7 Å². The Labute approximate surface area is 87.6 Å². The summed E-state index contributed by atoms with van der Waals surface area (Å²) in [7, 11) is 0. The Morgan fingerprint density at radius 1 is 1.50 bits per heavy atom. The Bertz CT molecular complexity index is 211. The van der Waals surface area contributed by atoms with E-state index in [9.17, 15) is 10.2 Å². The summed E-state index contributed by atoms with van der Waals surface area (Å²) in [5.74, 6) is -0.155. The number of rotatable bonds is 3. The highest BCUT2D eigenvalue weighted by molar-refractivity contribution is 8.06. The lowest BCUT2D eigenvalue weighted by atomic mass is 10.1. The summed E-state index contributed by atoms with van der Waals surface area (Å²) >= 11 is 1.79. The van der Waals surface area contributed by atoms with Crippen LogP contribution in [0, 0.1) is 0 Å². The van der Waals surface area contributed by atoms with Crippen LogP contribution in [0.25, 0.3) is 0 Å². The van der Waals surface area contributed by atoms with Crippen LogP contribution in [0.5, 0.6) is 0 Å². The zero-order chi connectivity index (χ0) is 10.3. The molecule has 0 aromatic heterocycles. The molecule has 0 aliphatic carbocycles. The minimum absolute atomic E-state index is 0.118. The van der Waals surface area contributed by atoms with Gasteiger partial charge in [-0.1, -0.05) is 0 Å². The third kappa shape index (κ3) is 2.41. The third-order valence-corrected chi connectivity index (χ3v) is 3.32. The lowest BCUT2D eigenvalue weighted by molar-refractivity contribution is -0.217. The van der Waals surface area contributed by atoms with Gasteiger partial charge in [0, 0.05) is 11.0 Å². The molecular formula is C9H16O4S. The number of hydrogen-bond acceptors (Lipinski definition) is 5. The Morgan fingerprint density at radius 3 is 2.64 bits per heavy atom. The molecule has 0 radical (unpaired) electrons. The average Bonchev–Trinajstić information content (AvgIpc) is 2.79. The molecule has 2 saturated heterocycles. The first-order chi connectivity index (χ1) is 6.47. The predicted octanol–water partition coefficient (Wildman–Crippen LogP) is -0.0249. The highest BCUT2D eigenvalue weighted by Gasteiger charge is 2.47. The second-order valence-electron chi connectivity index (χ2n) is 4.26. The van der Waals surface area contributed by atoms with Crippen molar-refractivity contribution in [1.29, 1.82) is 0 Å². The molecule has 2 heterocycles. The normalized spacial score (nSPS) is 42.9. The molecule has 5 heteroatoms. The van der Waals surface area contributed by atoms with E-state index in [0.29, 0.717) is 11.9 Å². The van der Waals surface area contributed by atoms with Crippen LogP contribution in [0.1, 0.15) is 13.8 Å². The molecule has 0 amide bonds. The third-order valence-electron chi connectivity index (χ3n) is 2.34. The summed E-state index contributed by atoms with van der Waals surface area (Å²) in [5, 5.41) is 19.7. The molecule has 2 aliphatic rings. The highest BCUT2D eigenvalue weighted by Crippen LogP contribution is 2.39. The van der Waals surface area contributed by atoms with Gasteiger partial charge in [0.2, 0.25) is 0 Å². The van der Waals surface area contributed by atoms with E-state index in [1.54, 1.807) is 25.6 Å². The summed E-state index contributed by atoms with van der Waals surface area (Å²) in [6.45, 7) is 3.48. The molecule has 14 heavy (non-hydrogen) atoms. The van der Waals surface area contributed by atoms with E-state index in [1.807, 2.05) is 0 Å². The van der Waals surface area contributed by atoms with Gasteiger partial charge in [0.25, 0.3) is 0 Å². The minimum atomic E-state index is -1.21. The summed E-state index contributed by atoms with van der Waals surface area (Å²) in [6, 6.07) is 0. The van der Waals surface area contributed by atoms with Crippen molar-refractivity contribution in [2.24, 2.45) is 0 Å². The molecule has 0 saturated carbocycles. The number of aliphatic hydroxyl groups is 2. The molecule has 0 unspecified atom stereocenters. The quantitative estimate of drug-likeness (QED) is 0.517. The van der Waals surface area contributed by atoms with E-state index in [4.69, 9.17) is 9.47 Å². The molecular weight excluding hydrogens is 204 g/mol. The van der Waals surface area contributed by atoms with Crippen LogP contribution in [0.4, 0.5) is 0 Å². The van der Waals surface area contributed by atoms with E-state index >= 15 is 0 Å². The maximum atomic E-state index is 9.85. The summed E-state index contributed by atoms with van der Waals surface area (Å²) in [4.78, 5) is 0. The number of thioether (sulfide) groups is 1. The molecule has 0 aromatic rings. The van der Waals surface area contributed by atoms with Crippen LogP contribution >= 0.6 is 11.8 Å². The molecule has 4 nitrogen and oxygen atoms in total. The van der Waals surface area contributed by atoms with Gasteiger partial charge in [-0.15, -0.1) is 0 Å².